The van der Waals surface area contributed by atoms with Crippen molar-refractivity contribution in [2.75, 3.05) is 4.90 Å². The van der Waals surface area contributed by atoms with Crippen molar-refractivity contribution < 1.29 is 19.5 Å². The van der Waals surface area contributed by atoms with Gasteiger partial charge in [0.2, 0.25) is 0 Å². The van der Waals surface area contributed by atoms with Crippen molar-refractivity contribution in [3.63, 3.8) is 0 Å². The Bertz CT molecular complexity index is 935. The summed E-state index contributed by atoms with van der Waals surface area (Å²) in [7, 11) is 0. The molecule has 3 rings (SSSR count). The van der Waals surface area contributed by atoms with Crippen molar-refractivity contribution >= 4 is 41.2 Å². The highest BCUT2D eigenvalue weighted by atomic mass is 35.5. The lowest BCUT2D eigenvalue weighted by Gasteiger charge is -2.26. The average Bonchev–Trinajstić information content (AvgIpc) is 2.62. The number of rotatable bonds is 3. The maximum Gasteiger partial charge on any atom is 0.335 e. The molecule has 0 aromatic heterocycles. The predicted molar refractivity (Wildman–Crippen MR) is 97.9 cm³/mol. The number of aromatic hydroxyl groups is 1. The third-order valence-electron chi connectivity index (χ3n) is 3.99. The van der Waals surface area contributed by atoms with E-state index in [1.165, 1.54) is 24.3 Å². The fourth-order valence-corrected chi connectivity index (χ4v) is 2.74. The molecule has 1 aliphatic rings. The van der Waals surface area contributed by atoms with Gasteiger partial charge in [-0.3, -0.25) is 14.9 Å². The zero-order chi connectivity index (χ0) is 18.8. The highest BCUT2D eigenvalue weighted by molar-refractivity contribution is 6.39. The molecular formula is C19H15ClN2O4. The molecule has 0 bridgehead atoms. The van der Waals surface area contributed by atoms with Gasteiger partial charge in [0, 0.05) is 0 Å². The minimum absolute atomic E-state index is 0.0890. The number of carbonyl (C=O) groups excluding carboxylic acids is 3. The number of carbonyl (C=O) groups is 3. The number of aryl methyl sites for hydroxylation is 1. The van der Waals surface area contributed by atoms with Crippen LogP contribution in [0, 0.1) is 0 Å². The molecule has 6 nitrogen and oxygen atoms in total. The normalized spacial score (nSPS) is 16.2. The molecule has 2 N–H and O–H groups in total. The van der Waals surface area contributed by atoms with Crippen LogP contribution in [0.1, 0.15) is 18.1 Å². The van der Waals surface area contributed by atoms with Crippen molar-refractivity contribution in [2.45, 2.75) is 13.3 Å². The molecule has 1 heterocycles. The summed E-state index contributed by atoms with van der Waals surface area (Å²) in [6.07, 6.45) is 2.15. The smallest absolute Gasteiger partial charge is 0.335 e. The number of nitrogens with one attached hydrogen (secondary N) is 1. The Hall–Kier alpha value is -3.12. The lowest BCUT2D eigenvalue weighted by atomic mass is 10.1. The third-order valence-corrected chi connectivity index (χ3v) is 4.29. The number of anilines is 1. The number of nitrogens with zero attached hydrogens (tertiary/aromatic N) is 1. The topological polar surface area (TPSA) is 86.7 Å². The van der Waals surface area contributed by atoms with E-state index in [0.717, 1.165) is 16.9 Å². The molecule has 0 radical (unpaired) electrons. The molecule has 1 fully saturated rings. The first-order valence-electron chi connectivity index (χ1n) is 7.89. The summed E-state index contributed by atoms with van der Waals surface area (Å²) in [5.41, 5.74) is 1.67. The number of imide groups is 2. The van der Waals surface area contributed by atoms with Gasteiger partial charge in [0.1, 0.15) is 11.3 Å². The monoisotopic (exact) mass is 370 g/mol. The first-order chi connectivity index (χ1) is 12.4. The van der Waals surface area contributed by atoms with Crippen LogP contribution in [0.15, 0.2) is 48.0 Å². The number of amides is 4. The second kappa shape index (κ2) is 7.01. The zero-order valence-corrected chi connectivity index (χ0v) is 14.6. The van der Waals surface area contributed by atoms with Crippen molar-refractivity contribution in [1.29, 1.82) is 0 Å². The molecule has 2 aromatic rings. The van der Waals surface area contributed by atoms with Gasteiger partial charge in [-0.1, -0.05) is 36.7 Å². The quantitative estimate of drug-likeness (QED) is 0.641. The molecule has 0 unspecified atom stereocenters. The Balaban J connectivity index is 1.99. The molecule has 0 saturated carbocycles. The largest absolute Gasteiger partial charge is 0.506 e. The Morgan fingerprint density at radius 1 is 1.12 bits per heavy atom. The van der Waals surface area contributed by atoms with Gasteiger partial charge in [0.25, 0.3) is 11.8 Å². The van der Waals surface area contributed by atoms with E-state index in [1.807, 2.05) is 19.1 Å². The van der Waals surface area contributed by atoms with E-state index in [9.17, 15) is 19.5 Å². The molecule has 1 aliphatic heterocycles. The average molecular weight is 371 g/mol. The van der Waals surface area contributed by atoms with Crippen molar-refractivity contribution in [3.05, 3.63) is 64.2 Å². The van der Waals surface area contributed by atoms with Crippen molar-refractivity contribution in [2.24, 2.45) is 0 Å². The molecule has 0 atom stereocenters. The van der Waals surface area contributed by atoms with Crippen LogP contribution < -0.4 is 10.2 Å². The molecule has 0 spiro atoms. The summed E-state index contributed by atoms with van der Waals surface area (Å²) in [6.45, 7) is 2.00. The minimum Gasteiger partial charge on any atom is -0.506 e. The minimum atomic E-state index is -0.801. The van der Waals surface area contributed by atoms with Gasteiger partial charge in [-0.2, -0.15) is 0 Å². The van der Waals surface area contributed by atoms with Crippen LogP contribution in [0.3, 0.4) is 0 Å². The number of phenols is 1. The van der Waals surface area contributed by atoms with E-state index in [-0.39, 0.29) is 16.3 Å². The number of hydrogen-bond acceptors (Lipinski definition) is 4. The number of benzene rings is 2. The van der Waals surface area contributed by atoms with Gasteiger partial charge >= 0.3 is 6.03 Å². The fourth-order valence-electron chi connectivity index (χ4n) is 2.55. The molecule has 26 heavy (non-hydrogen) atoms. The van der Waals surface area contributed by atoms with Gasteiger partial charge in [0.05, 0.1) is 10.7 Å². The van der Waals surface area contributed by atoms with Gasteiger partial charge in [0.15, 0.2) is 0 Å². The second-order valence-corrected chi connectivity index (χ2v) is 6.10. The summed E-state index contributed by atoms with van der Waals surface area (Å²) in [5.74, 6) is -1.63. The van der Waals surface area contributed by atoms with Crippen molar-refractivity contribution in [3.8, 4) is 5.75 Å². The molecule has 4 amide bonds. The predicted octanol–water partition coefficient (Wildman–Crippen LogP) is 3.27. The Morgan fingerprint density at radius 2 is 1.81 bits per heavy atom. The van der Waals surface area contributed by atoms with E-state index >= 15 is 0 Å². The van der Waals surface area contributed by atoms with Crippen LogP contribution in [0.2, 0.25) is 5.02 Å². The number of urea groups is 1. The highest BCUT2D eigenvalue weighted by Gasteiger charge is 2.36. The summed E-state index contributed by atoms with van der Waals surface area (Å²) in [6, 6.07) is 10.4. The first-order valence-corrected chi connectivity index (χ1v) is 8.27. The van der Waals surface area contributed by atoms with Gasteiger partial charge in [-0.05, 0) is 47.9 Å². The Labute approximate surface area is 154 Å². The number of halogens is 1. The summed E-state index contributed by atoms with van der Waals surface area (Å²) >= 11 is 5.85. The van der Waals surface area contributed by atoms with Gasteiger partial charge < -0.3 is 5.11 Å². The van der Waals surface area contributed by atoms with E-state index < -0.39 is 17.8 Å². The summed E-state index contributed by atoms with van der Waals surface area (Å²) in [5, 5.41) is 11.7. The molecule has 0 aliphatic carbocycles. The summed E-state index contributed by atoms with van der Waals surface area (Å²) < 4.78 is 0. The third kappa shape index (κ3) is 3.32. The number of barbiturate groups is 1. The highest BCUT2D eigenvalue weighted by Crippen LogP contribution is 2.26. The molecule has 132 valence electrons. The maximum atomic E-state index is 12.8. The van der Waals surface area contributed by atoms with E-state index in [0.29, 0.717) is 11.3 Å². The lowest BCUT2D eigenvalue weighted by Crippen LogP contribution is -2.54. The van der Waals surface area contributed by atoms with E-state index in [4.69, 9.17) is 11.6 Å². The SMILES string of the molecule is CCc1ccc(N2C(=O)NC(=O)/C(=C\c3ccc(O)c(Cl)c3)C2=O)cc1. The molecular weight excluding hydrogens is 356 g/mol. The lowest BCUT2D eigenvalue weighted by molar-refractivity contribution is -0.122. The Morgan fingerprint density at radius 3 is 2.42 bits per heavy atom. The second-order valence-electron chi connectivity index (χ2n) is 5.69. The molecule has 2 aromatic carbocycles. The molecule has 1 saturated heterocycles. The van der Waals surface area contributed by atoms with Gasteiger partial charge in [-0.15, -0.1) is 0 Å². The standard InChI is InChI=1S/C19H15ClN2O4/c1-2-11-3-6-13(7-4-11)22-18(25)14(17(24)21-19(22)26)9-12-5-8-16(23)15(20)10-12/h3-10,23H,2H2,1H3,(H,21,24,26)/b14-9+. The van der Waals surface area contributed by atoms with Crippen LogP contribution >= 0.6 is 11.6 Å². The number of phenolic OH excluding ortho intramolecular Hbond substituents is 1. The van der Waals surface area contributed by atoms with Crippen LogP contribution in [-0.2, 0) is 16.0 Å². The van der Waals surface area contributed by atoms with Crippen LogP contribution in [0.25, 0.3) is 6.08 Å². The fraction of sp³-hybridized carbons (Fsp3) is 0.105. The van der Waals surface area contributed by atoms with E-state index in [2.05, 4.69) is 5.32 Å². The number of hydrogen-bond donors (Lipinski definition) is 2. The van der Waals surface area contributed by atoms with Crippen LogP contribution in [0.4, 0.5) is 10.5 Å². The van der Waals surface area contributed by atoms with Gasteiger partial charge in [-0.25, -0.2) is 9.69 Å². The Kier molecular flexibility index (Phi) is 4.77. The van der Waals surface area contributed by atoms with E-state index in [1.54, 1.807) is 12.1 Å². The van der Waals surface area contributed by atoms with Crippen molar-refractivity contribution in [1.82, 2.24) is 5.32 Å². The molecule has 7 heteroatoms. The van der Waals surface area contributed by atoms with Crippen LogP contribution in [0.5, 0.6) is 5.75 Å². The maximum absolute atomic E-state index is 12.8. The first kappa shape index (κ1) is 17.7. The van der Waals surface area contributed by atoms with Crippen LogP contribution in [-0.4, -0.2) is 23.0 Å². The zero-order valence-electron chi connectivity index (χ0n) is 13.8. The summed E-state index contributed by atoms with van der Waals surface area (Å²) in [4.78, 5) is 37.9.